The van der Waals surface area contributed by atoms with Gasteiger partial charge in [0.05, 0.1) is 13.2 Å². The lowest BCUT2D eigenvalue weighted by atomic mass is 10.1. The highest BCUT2D eigenvalue weighted by molar-refractivity contribution is 5.76. The molecule has 24 heavy (non-hydrogen) atoms. The SMILES string of the molecule is C[C@H]1CN(C(=O)OC(C)(C)C)CCN1CCC(=O)N1CCOCC1. The van der Waals surface area contributed by atoms with E-state index >= 15 is 0 Å². The van der Waals surface area contributed by atoms with Crippen molar-refractivity contribution in [1.82, 2.24) is 14.7 Å². The molecule has 2 aliphatic rings. The first-order valence-electron chi connectivity index (χ1n) is 8.84. The Morgan fingerprint density at radius 2 is 1.75 bits per heavy atom. The van der Waals surface area contributed by atoms with Crippen molar-refractivity contribution in [3.63, 3.8) is 0 Å². The van der Waals surface area contributed by atoms with E-state index in [4.69, 9.17) is 9.47 Å². The lowest BCUT2D eigenvalue weighted by molar-refractivity contribution is -0.135. The molecule has 2 fully saturated rings. The first kappa shape index (κ1) is 19.0. The minimum atomic E-state index is -0.470. The molecule has 2 aliphatic heterocycles. The van der Waals surface area contributed by atoms with E-state index in [1.807, 2.05) is 25.7 Å². The first-order chi connectivity index (χ1) is 11.3. The number of morpholine rings is 1. The summed E-state index contributed by atoms with van der Waals surface area (Å²) in [4.78, 5) is 30.3. The Balaban J connectivity index is 1.75. The van der Waals surface area contributed by atoms with Gasteiger partial charge in [0, 0.05) is 51.7 Å². The highest BCUT2D eigenvalue weighted by Crippen LogP contribution is 2.15. The van der Waals surface area contributed by atoms with Gasteiger partial charge in [-0.25, -0.2) is 4.79 Å². The van der Waals surface area contributed by atoms with Crippen molar-refractivity contribution in [2.45, 2.75) is 45.8 Å². The van der Waals surface area contributed by atoms with E-state index in [-0.39, 0.29) is 18.0 Å². The molecule has 0 saturated carbocycles. The average Bonchev–Trinajstić information content (AvgIpc) is 2.52. The van der Waals surface area contributed by atoms with Gasteiger partial charge in [0.2, 0.25) is 5.91 Å². The maximum atomic E-state index is 12.2. The number of piperazine rings is 1. The molecule has 0 bridgehead atoms. The Kier molecular flexibility index (Phi) is 6.46. The molecular weight excluding hydrogens is 310 g/mol. The molecule has 1 atom stereocenters. The van der Waals surface area contributed by atoms with E-state index in [9.17, 15) is 9.59 Å². The van der Waals surface area contributed by atoms with Gasteiger partial charge in [-0.15, -0.1) is 0 Å². The number of nitrogens with zero attached hydrogens (tertiary/aromatic N) is 3. The molecule has 2 amide bonds. The van der Waals surface area contributed by atoms with Crippen LogP contribution in [0.3, 0.4) is 0 Å². The van der Waals surface area contributed by atoms with Crippen LogP contribution in [0.5, 0.6) is 0 Å². The second kappa shape index (κ2) is 8.16. The first-order valence-corrected chi connectivity index (χ1v) is 8.84. The molecule has 0 aliphatic carbocycles. The maximum absolute atomic E-state index is 12.2. The molecular formula is C17H31N3O4. The van der Waals surface area contributed by atoms with Gasteiger partial charge in [-0.1, -0.05) is 0 Å². The van der Waals surface area contributed by atoms with E-state index in [2.05, 4.69) is 11.8 Å². The van der Waals surface area contributed by atoms with Gasteiger partial charge >= 0.3 is 6.09 Å². The van der Waals surface area contributed by atoms with Crippen LogP contribution >= 0.6 is 0 Å². The second-order valence-electron chi connectivity index (χ2n) is 7.55. The Labute approximate surface area is 144 Å². The van der Waals surface area contributed by atoms with Crippen LogP contribution in [-0.2, 0) is 14.3 Å². The molecule has 7 heteroatoms. The van der Waals surface area contributed by atoms with Gasteiger partial charge in [0.25, 0.3) is 0 Å². The van der Waals surface area contributed by atoms with Crippen molar-refractivity contribution in [2.75, 3.05) is 52.5 Å². The quantitative estimate of drug-likeness (QED) is 0.771. The van der Waals surface area contributed by atoms with Gasteiger partial charge in [0.1, 0.15) is 5.60 Å². The molecule has 2 heterocycles. The molecule has 7 nitrogen and oxygen atoms in total. The fourth-order valence-electron chi connectivity index (χ4n) is 3.03. The van der Waals surface area contributed by atoms with Crippen LogP contribution in [0.15, 0.2) is 0 Å². The van der Waals surface area contributed by atoms with E-state index in [1.54, 1.807) is 4.90 Å². The van der Waals surface area contributed by atoms with E-state index in [0.29, 0.717) is 45.8 Å². The summed E-state index contributed by atoms with van der Waals surface area (Å²) >= 11 is 0. The zero-order chi connectivity index (χ0) is 17.7. The lowest BCUT2D eigenvalue weighted by Crippen LogP contribution is -2.55. The Bertz CT molecular complexity index is 444. The fourth-order valence-corrected chi connectivity index (χ4v) is 3.03. The number of hydrogen-bond acceptors (Lipinski definition) is 5. The normalized spacial score (nSPS) is 23.2. The monoisotopic (exact) mass is 341 g/mol. The number of ether oxygens (including phenoxy) is 2. The molecule has 0 N–H and O–H groups in total. The number of amides is 2. The number of rotatable bonds is 3. The summed E-state index contributed by atoms with van der Waals surface area (Å²) in [5.41, 5.74) is -0.470. The Morgan fingerprint density at radius 1 is 1.08 bits per heavy atom. The van der Waals surface area contributed by atoms with Crippen LogP contribution in [0, 0.1) is 0 Å². The molecule has 2 rings (SSSR count). The highest BCUT2D eigenvalue weighted by atomic mass is 16.6. The van der Waals surface area contributed by atoms with Crippen LogP contribution < -0.4 is 0 Å². The van der Waals surface area contributed by atoms with Crippen LogP contribution in [0.25, 0.3) is 0 Å². The van der Waals surface area contributed by atoms with Crippen LogP contribution in [0.2, 0.25) is 0 Å². The smallest absolute Gasteiger partial charge is 0.410 e. The van der Waals surface area contributed by atoms with Gasteiger partial charge < -0.3 is 19.3 Å². The van der Waals surface area contributed by atoms with E-state index in [1.165, 1.54) is 0 Å². The summed E-state index contributed by atoms with van der Waals surface area (Å²) in [6.07, 6.45) is 0.273. The molecule has 0 aromatic heterocycles. The van der Waals surface area contributed by atoms with Gasteiger partial charge in [-0.2, -0.15) is 0 Å². The molecule has 0 unspecified atom stereocenters. The maximum Gasteiger partial charge on any atom is 0.410 e. The van der Waals surface area contributed by atoms with E-state index in [0.717, 1.165) is 13.1 Å². The summed E-state index contributed by atoms with van der Waals surface area (Å²) in [5.74, 6) is 0.195. The molecule has 0 radical (unpaired) electrons. The zero-order valence-corrected chi connectivity index (χ0v) is 15.4. The van der Waals surface area contributed by atoms with Crippen LogP contribution in [-0.4, -0.2) is 90.8 Å². The summed E-state index contributed by atoms with van der Waals surface area (Å²) in [5, 5.41) is 0. The molecule has 0 spiro atoms. The van der Waals surface area contributed by atoms with Crippen molar-refractivity contribution in [2.24, 2.45) is 0 Å². The topological polar surface area (TPSA) is 62.3 Å². The third-order valence-corrected chi connectivity index (χ3v) is 4.39. The number of hydrogen-bond donors (Lipinski definition) is 0. The molecule has 0 aromatic carbocycles. The standard InChI is InChI=1S/C17H31N3O4/c1-14-13-20(16(22)24-17(2,3)4)8-7-18(14)6-5-15(21)19-9-11-23-12-10-19/h14H,5-13H2,1-4H3/t14-/m0/s1. The minimum Gasteiger partial charge on any atom is -0.444 e. The summed E-state index contributed by atoms with van der Waals surface area (Å²) < 4.78 is 10.7. The third-order valence-electron chi connectivity index (χ3n) is 4.39. The van der Waals surface area contributed by atoms with Crippen molar-refractivity contribution < 1.29 is 19.1 Å². The zero-order valence-electron chi connectivity index (χ0n) is 15.4. The summed E-state index contributed by atoms with van der Waals surface area (Å²) in [6, 6.07) is 0.226. The second-order valence-corrected chi connectivity index (χ2v) is 7.55. The third kappa shape index (κ3) is 5.63. The molecule has 138 valence electrons. The fraction of sp³-hybridized carbons (Fsp3) is 0.882. The van der Waals surface area contributed by atoms with Gasteiger partial charge in [0.15, 0.2) is 0 Å². The number of carbonyl (C=O) groups excluding carboxylic acids is 2. The minimum absolute atomic E-state index is 0.195. The van der Waals surface area contributed by atoms with Gasteiger partial charge in [-0.3, -0.25) is 9.69 Å². The average molecular weight is 341 g/mol. The summed E-state index contributed by atoms with van der Waals surface area (Å²) in [7, 11) is 0. The molecule has 0 aromatic rings. The largest absolute Gasteiger partial charge is 0.444 e. The van der Waals surface area contributed by atoms with Crippen molar-refractivity contribution in [3.05, 3.63) is 0 Å². The van der Waals surface area contributed by atoms with Crippen LogP contribution in [0.4, 0.5) is 4.79 Å². The Hall–Kier alpha value is -1.34. The van der Waals surface area contributed by atoms with Crippen molar-refractivity contribution in [1.29, 1.82) is 0 Å². The lowest BCUT2D eigenvalue weighted by Gasteiger charge is -2.40. The van der Waals surface area contributed by atoms with E-state index < -0.39 is 5.60 Å². The Morgan fingerprint density at radius 3 is 2.33 bits per heavy atom. The van der Waals surface area contributed by atoms with Gasteiger partial charge in [-0.05, 0) is 27.7 Å². The predicted octanol–water partition coefficient (Wildman–Crippen LogP) is 1.18. The number of carbonyl (C=O) groups is 2. The van der Waals surface area contributed by atoms with Crippen molar-refractivity contribution >= 4 is 12.0 Å². The molecule has 2 saturated heterocycles. The predicted molar refractivity (Wildman–Crippen MR) is 90.9 cm³/mol. The summed E-state index contributed by atoms with van der Waals surface area (Å²) in [6.45, 7) is 13.2. The highest BCUT2D eigenvalue weighted by Gasteiger charge is 2.30. The van der Waals surface area contributed by atoms with Crippen LogP contribution in [0.1, 0.15) is 34.1 Å². The van der Waals surface area contributed by atoms with Crippen molar-refractivity contribution in [3.8, 4) is 0 Å².